The number of hydrogen-bond donors (Lipinski definition) is 3. The van der Waals surface area contributed by atoms with Gasteiger partial charge in [-0.1, -0.05) is 44.2 Å². The van der Waals surface area contributed by atoms with E-state index in [4.69, 9.17) is 9.31 Å². The highest BCUT2D eigenvalue weighted by Crippen LogP contribution is 2.47. The van der Waals surface area contributed by atoms with E-state index in [-0.39, 0.29) is 41.5 Å². The standard InChI is InChI=1S/C35H36F4N8O3.C26H38BN3O4/c1-3-31(23(2)48)47-13-12-28(19-33(47)49)45-16-14-44(15-17-45)27-8-4-24(5-9-27)25-6-11-32(40-20-25)35(38,39)34(50,21-46-22-41-42-43-46)29-10-7-26(36)18-30(29)37;1-7-23(19(2)31)30-13-12-22(18-24(30)32)29-16-14-28(15-17-29)21-10-8-20(9-11-21)27-33-25(3,4)26(5,6)34-27/h4-13,18-20,22-23,31,48,50H,3,14-17,21H2,1-2H3;8-13,18-19,23,31H,7,14-17H2,1-6H3/t23?,31?,34-;/m0./s1. The summed E-state index contributed by atoms with van der Waals surface area (Å²) in [6, 6.07) is 27.2. The first-order valence-electron chi connectivity index (χ1n) is 28.5. The molecule has 10 rings (SSSR count). The molecular formula is C61H74BF4N11O7. The molecule has 3 aliphatic heterocycles. The molecule has 446 valence electrons. The molecule has 0 amide bonds. The second-order valence-electron chi connectivity index (χ2n) is 22.9. The van der Waals surface area contributed by atoms with Crippen molar-refractivity contribution in [2.45, 2.75) is 122 Å². The molecule has 84 heavy (non-hydrogen) atoms. The number of tetrazole rings is 1. The number of alkyl halides is 2. The van der Waals surface area contributed by atoms with Crippen LogP contribution < -0.4 is 36.2 Å². The largest absolute Gasteiger partial charge is 0.494 e. The molecular weight excluding hydrogens is 1090 g/mol. The van der Waals surface area contributed by atoms with Crippen molar-refractivity contribution in [3.05, 3.63) is 172 Å². The van der Waals surface area contributed by atoms with Crippen molar-refractivity contribution in [3.8, 4) is 11.1 Å². The van der Waals surface area contributed by atoms with E-state index in [1.165, 1.54) is 18.0 Å². The Bertz CT molecular complexity index is 3430. The van der Waals surface area contributed by atoms with Crippen LogP contribution in [0.5, 0.6) is 0 Å². The van der Waals surface area contributed by atoms with Gasteiger partial charge in [-0.3, -0.25) is 14.6 Å². The van der Waals surface area contributed by atoms with E-state index in [0.29, 0.717) is 56.2 Å². The number of piperazine rings is 2. The summed E-state index contributed by atoms with van der Waals surface area (Å²) >= 11 is 0. The van der Waals surface area contributed by atoms with Crippen molar-refractivity contribution < 1.29 is 42.2 Å². The Balaban J connectivity index is 0.000000217. The van der Waals surface area contributed by atoms with Crippen molar-refractivity contribution >= 4 is 35.3 Å². The summed E-state index contributed by atoms with van der Waals surface area (Å²) in [7, 11) is -0.348. The van der Waals surface area contributed by atoms with Gasteiger partial charge in [-0.05, 0) is 130 Å². The SMILES string of the molecule is CCC(C(C)O)n1ccc(N2CCN(c3ccc(-c4ccc(C(F)(F)[C@](O)(Cn5cnnn5)c5ccc(F)cc5F)nc4)cc3)CC2)cc1=O.CCC(C(C)O)n1ccc(N2CCN(c3ccc(B4OC(C)(C)C(C)(C)O4)cc3)CC2)cc1=O. The predicted molar refractivity (Wildman–Crippen MR) is 316 cm³/mol. The summed E-state index contributed by atoms with van der Waals surface area (Å²) in [6.07, 6.45) is 5.95. The second kappa shape index (κ2) is 25.0. The summed E-state index contributed by atoms with van der Waals surface area (Å²) < 4.78 is 77.1. The molecule has 4 aromatic heterocycles. The third-order valence-corrected chi connectivity index (χ3v) is 16.9. The number of rotatable bonds is 17. The minimum absolute atomic E-state index is 0.0639. The fraction of sp³-hybridized carbons (Fsp3) is 0.443. The van der Waals surface area contributed by atoms with E-state index < -0.39 is 53.2 Å². The Morgan fingerprint density at radius 2 is 1.10 bits per heavy atom. The molecule has 3 fully saturated rings. The molecule has 3 aromatic carbocycles. The molecule has 23 heteroatoms. The maximum absolute atomic E-state index is 16.1. The zero-order chi connectivity index (χ0) is 60.3. The van der Waals surface area contributed by atoms with Gasteiger partial charge in [0.2, 0.25) is 0 Å². The van der Waals surface area contributed by atoms with Crippen molar-refractivity contribution in [1.82, 2.24) is 34.3 Å². The molecule has 7 heterocycles. The molecule has 18 nitrogen and oxygen atoms in total. The molecule has 0 aliphatic carbocycles. The minimum Gasteiger partial charge on any atom is -0.399 e. The van der Waals surface area contributed by atoms with Crippen LogP contribution in [0.3, 0.4) is 0 Å². The average molecular weight is 1160 g/mol. The number of hydrogen-bond acceptors (Lipinski definition) is 15. The van der Waals surface area contributed by atoms with E-state index >= 15 is 8.78 Å². The first-order valence-corrected chi connectivity index (χ1v) is 28.5. The van der Waals surface area contributed by atoms with Crippen LogP contribution in [0.1, 0.15) is 91.6 Å². The van der Waals surface area contributed by atoms with Crippen LogP contribution in [0.25, 0.3) is 11.1 Å². The molecule has 4 unspecified atom stereocenters. The molecule has 0 radical (unpaired) electrons. The predicted octanol–water partition coefficient (Wildman–Crippen LogP) is 7.32. The summed E-state index contributed by atoms with van der Waals surface area (Å²) in [5, 5.41) is 41.7. The average Bonchev–Trinajstić information content (AvgIpc) is 2.15. The maximum atomic E-state index is 16.1. The number of aliphatic hydroxyl groups is 3. The molecule has 3 saturated heterocycles. The molecule has 3 N–H and O–H groups in total. The van der Waals surface area contributed by atoms with Gasteiger partial charge in [-0.25, -0.2) is 13.5 Å². The Kier molecular flexibility index (Phi) is 18.2. The van der Waals surface area contributed by atoms with Crippen LogP contribution in [-0.2, 0) is 27.4 Å². The number of benzene rings is 3. The topological polar surface area (TPSA) is 193 Å². The highest BCUT2D eigenvalue weighted by Gasteiger charge is 2.58. The Hall–Kier alpha value is -7.44. The van der Waals surface area contributed by atoms with Gasteiger partial charge >= 0.3 is 13.0 Å². The fourth-order valence-electron chi connectivity index (χ4n) is 11.2. The smallest absolute Gasteiger partial charge is 0.399 e. The zero-order valence-electron chi connectivity index (χ0n) is 48.7. The van der Waals surface area contributed by atoms with Gasteiger partial charge in [0.1, 0.15) is 23.7 Å². The van der Waals surface area contributed by atoms with Gasteiger partial charge in [0, 0.05) is 123 Å². The van der Waals surface area contributed by atoms with E-state index in [1.807, 2.05) is 56.4 Å². The van der Waals surface area contributed by atoms with Crippen LogP contribution in [-0.4, -0.2) is 133 Å². The third kappa shape index (κ3) is 12.8. The van der Waals surface area contributed by atoms with Crippen molar-refractivity contribution in [1.29, 1.82) is 0 Å². The Labute approximate surface area is 486 Å². The number of anilines is 4. The van der Waals surface area contributed by atoms with Gasteiger partial charge in [0.25, 0.3) is 11.1 Å². The van der Waals surface area contributed by atoms with E-state index in [1.54, 1.807) is 41.3 Å². The highest BCUT2D eigenvalue weighted by molar-refractivity contribution is 6.62. The Morgan fingerprint density at radius 1 is 0.631 bits per heavy atom. The van der Waals surface area contributed by atoms with Gasteiger partial charge in [-0.15, -0.1) is 5.10 Å². The molecule has 0 saturated carbocycles. The third-order valence-electron chi connectivity index (χ3n) is 16.9. The lowest BCUT2D eigenvalue weighted by atomic mass is 9.79. The van der Waals surface area contributed by atoms with E-state index in [2.05, 4.69) is 92.1 Å². The lowest BCUT2D eigenvalue weighted by molar-refractivity contribution is -0.207. The van der Waals surface area contributed by atoms with Gasteiger partial charge < -0.3 is 53.4 Å². The first kappa shape index (κ1) is 61.1. The van der Waals surface area contributed by atoms with Crippen LogP contribution in [0.4, 0.5) is 40.3 Å². The zero-order valence-corrected chi connectivity index (χ0v) is 48.7. The van der Waals surface area contributed by atoms with Crippen LogP contribution in [0, 0.1) is 11.6 Å². The normalized spacial score (nSPS) is 18.4. The molecule has 7 aromatic rings. The van der Waals surface area contributed by atoms with E-state index in [0.717, 1.165) is 77.9 Å². The second-order valence-corrected chi connectivity index (χ2v) is 22.9. The summed E-state index contributed by atoms with van der Waals surface area (Å²) in [4.78, 5) is 38.4. The van der Waals surface area contributed by atoms with Gasteiger partial charge in [0.15, 0.2) is 5.60 Å². The number of pyridine rings is 3. The lowest BCUT2D eigenvalue weighted by Crippen LogP contribution is -2.48. The highest BCUT2D eigenvalue weighted by atomic mass is 19.3. The number of halogens is 4. The van der Waals surface area contributed by atoms with Crippen LogP contribution in [0.2, 0.25) is 0 Å². The fourth-order valence-corrected chi connectivity index (χ4v) is 11.2. The Morgan fingerprint density at radius 3 is 1.50 bits per heavy atom. The quantitative estimate of drug-likeness (QED) is 0.0607. The summed E-state index contributed by atoms with van der Waals surface area (Å²) in [5.74, 6) is -6.51. The number of aliphatic hydroxyl groups excluding tert-OH is 2. The number of nitrogens with zero attached hydrogens (tertiary/aromatic N) is 11. The van der Waals surface area contributed by atoms with Gasteiger partial charge in [-0.2, -0.15) is 8.78 Å². The summed E-state index contributed by atoms with van der Waals surface area (Å²) in [6.45, 7) is 20.9. The first-order chi connectivity index (χ1) is 39.9. The maximum Gasteiger partial charge on any atom is 0.494 e. The van der Waals surface area contributed by atoms with Crippen LogP contribution >= 0.6 is 0 Å². The van der Waals surface area contributed by atoms with Crippen molar-refractivity contribution in [3.63, 3.8) is 0 Å². The number of aromatic nitrogens is 7. The van der Waals surface area contributed by atoms with Crippen molar-refractivity contribution in [2.24, 2.45) is 0 Å². The summed E-state index contributed by atoms with van der Waals surface area (Å²) in [5.41, 5.74) is 0.398. The minimum atomic E-state index is -4.16. The van der Waals surface area contributed by atoms with Gasteiger partial charge in [0.05, 0.1) is 42.0 Å². The molecule has 3 aliphatic rings. The molecule has 0 spiro atoms. The monoisotopic (exact) mass is 1160 g/mol. The van der Waals surface area contributed by atoms with E-state index in [9.17, 15) is 33.7 Å². The lowest BCUT2D eigenvalue weighted by Gasteiger charge is -2.37. The van der Waals surface area contributed by atoms with Crippen molar-refractivity contribution in [2.75, 3.05) is 72.0 Å². The molecule has 0 bridgehead atoms. The van der Waals surface area contributed by atoms with Crippen LogP contribution in [0.15, 0.2) is 138 Å². The molecule has 5 atom stereocenters.